The molecule has 0 aromatic carbocycles. The third-order valence-electron chi connectivity index (χ3n) is 7.52. The van der Waals surface area contributed by atoms with Crippen molar-refractivity contribution < 1.29 is 14.2 Å². The highest BCUT2D eigenvalue weighted by molar-refractivity contribution is 4.94. The Morgan fingerprint density at radius 2 is 1.41 bits per heavy atom. The van der Waals surface area contributed by atoms with Gasteiger partial charge in [0.15, 0.2) is 0 Å². The molecule has 1 atom stereocenters. The van der Waals surface area contributed by atoms with Gasteiger partial charge < -0.3 is 14.2 Å². The number of hydrogen-bond donors (Lipinski definition) is 0. The Kier molecular flexibility index (Phi) is 11.2. The number of ether oxygens (including phenoxy) is 3. The minimum absolute atomic E-state index is 0.00838. The van der Waals surface area contributed by atoms with Crippen LogP contribution in [0.2, 0.25) is 0 Å². The van der Waals surface area contributed by atoms with Crippen LogP contribution in [0.3, 0.4) is 0 Å². The van der Waals surface area contributed by atoms with Gasteiger partial charge in [-0.25, -0.2) is 0 Å². The molecule has 0 saturated heterocycles. The molecule has 0 bridgehead atoms. The molecule has 0 amide bonds. The lowest BCUT2D eigenvalue weighted by molar-refractivity contribution is -0.187. The largest absolute Gasteiger partial charge is 0.375 e. The van der Waals surface area contributed by atoms with Crippen molar-refractivity contribution >= 4 is 0 Å². The van der Waals surface area contributed by atoms with E-state index in [2.05, 4.69) is 89.7 Å². The molecule has 0 spiro atoms. The van der Waals surface area contributed by atoms with Crippen LogP contribution in [0.25, 0.3) is 0 Å². The van der Waals surface area contributed by atoms with Gasteiger partial charge in [0.2, 0.25) is 0 Å². The van der Waals surface area contributed by atoms with E-state index in [1.807, 2.05) is 0 Å². The molecule has 0 fully saturated rings. The molecule has 0 aliphatic heterocycles. The molecular formula is C26H52O3. The SMILES string of the molecule is C=CCOCC(CC(C)(C)C(C)(C)OCCC(C)C)OC(C)(C)C(C)(C)C(C)C. The van der Waals surface area contributed by atoms with Gasteiger partial charge in [0.05, 0.1) is 30.5 Å². The van der Waals surface area contributed by atoms with E-state index in [1.165, 1.54) is 0 Å². The van der Waals surface area contributed by atoms with Crippen LogP contribution in [0.5, 0.6) is 0 Å². The smallest absolute Gasteiger partial charge is 0.0822 e. The zero-order valence-electron chi connectivity index (χ0n) is 21.8. The topological polar surface area (TPSA) is 27.7 Å². The fourth-order valence-electron chi connectivity index (χ4n) is 3.24. The number of rotatable bonds is 15. The number of hydrogen-bond acceptors (Lipinski definition) is 3. The van der Waals surface area contributed by atoms with Crippen molar-refractivity contribution in [2.75, 3.05) is 19.8 Å². The molecule has 0 rings (SSSR count). The van der Waals surface area contributed by atoms with Gasteiger partial charge >= 0.3 is 0 Å². The summed E-state index contributed by atoms with van der Waals surface area (Å²) in [5, 5.41) is 0. The molecular weight excluding hydrogens is 360 g/mol. The van der Waals surface area contributed by atoms with Crippen molar-refractivity contribution in [3.05, 3.63) is 12.7 Å². The molecule has 0 aliphatic rings. The Labute approximate surface area is 183 Å². The maximum absolute atomic E-state index is 6.77. The van der Waals surface area contributed by atoms with Crippen LogP contribution in [0, 0.1) is 22.7 Å². The fourth-order valence-corrected chi connectivity index (χ4v) is 3.24. The predicted octanol–water partition coefficient (Wildman–Crippen LogP) is 7.29. The molecule has 0 aromatic heterocycles. The first kappa shape index (κ1) is 28.6. The lowest BCUT2D eigenvalue weighted by Gasteiger charge is -2.49. The van der Waals surface area contributed by atoms with Crippen molar-refractivity contribution in [1.82, 2.24) is 0 Å². The molecule has 3 heteroatoms. The minimum Gasteiger partial charge on any atom is -0.375 e. The van der Waals surface area contributed by atoms with Crippen LogP contribution in [0.4, 0.5) is 0 Å². The third-order valence-corrected chi connectivity index (χ3v) is 7.52. The van der Waals surface area contributed by atoms with Crippen molar-refractivity contribution in [3.63, 3.8) is 0 Å². The Morgan fingerprint density at radius 1 is 0.862 bits per heavy atom. The highest BCUT2D eigenvalue weighted by atomic mass is 16.5. The van der Waals surface area contributed by atoms with E-state index >= 15 is 0 Å². The van der Waals surface area contributed by atoms with Gasteiger partial charge in [-0.3, -0.25) is 0 Å². The third kappa shape index (κ3) is 8.71. The first-order chi connectivity index (χ1) is 13.0. The minimum atomic E-state index is -0.276. The lowest BCUT2D eigenvalue weighted by atomic mass is 9.68. The summed E-state index contributed by atoms with van der Waals surface area (Å²) >= 11 is 0. The average Bonchev–Trinajstić information content (AvgIpc) is 2.53. The van der Waals surface area contributed by atoms with E-state index in [-0.39, 0.29) is 28.1 Å². The van der Waals surface area contributed by atoms with Gasteiger partial charge in [-0.05, 0) is 63.2 Å². The van der Waals surface area contributed by atoms with Crippen LogP contribution < -0.4 is 0 Å². The quantitative estimate of drug-likeness (QED) is 0.209. The van der Waals surface area contributed by atoms with Gasteiger partial charge in [0.1, 0.15) is 0 Å². The molecule has 3 nitrogen and oxygen atoms in total. The van der Waals surface area contributed by atoms with E-state index in [9.17, 15) is 0 Å². The van der Waals surface area contributed by atoms with E-state index in [1.54, 1.807) is 6.08 Å². The first-order valence-electron chi connectivity index (χ1n) is 11.5. The van der Waals surface area contributed by atoms with E-state index in [4.69, 9.17) is 14.2 Å². The molecule has 174 valence electrons. The van der Waals surface area contributed by atoms with Crippen LogP contribution in [-0.4, -0.2) is 37.1 Å². The van der Waals surface area contributed by atoms with Gasteiger partial charge in [0, 0.05) is 6.61 Å². The monoisotopic (exact) mass is 412 g/mol. The lowest BCUT2D eigenvalue weighted by Crippen LogP contribution is -2.50. The zero-order chi connectivity index (χ0) is 23.1. The Balaban J connectivity index is 5.41. The summed E-state index contributed by atoms with van der Waals surface area (Å²) in [5.74, 6) is 1.16. The summed E-state index contributed by atoms with van der Waals surface area (Å²) in [7, 11) is 0. The van der Waals surface area contributed by atoms with Crippen LogP contribution >= 0.6 is 0 Å². The molecule has 0 aliphatic carbocycles. The average molecular weight is 413 g/mol. The van der Waals surface area contributed by atoms with E-state index in [0.29, 0.717) is 25.0 Å². The summed E-state index contributed by atoms with van der Waals surface area (Å²) in [6.07, 6.45) is 3.74. The first-order valence-corrected chi connectivity index (χ1v) is 11.5. The second-order valence-electron chi connectivity index (χ2n) is 11.6. The molecule has 0 saturated carbocycles. The van der Waals surface area contributed by atoms with Crippen molar-refractivity contribution in [2.45, 2.75) is 113 Å². The highest BCUT2D eigenvalue weighted by Crippen LogP contribution is 2.44. The Bertz CT molecular complexity index is 472. The Morgan fingerprint density at radius 3 is 1.86 bits per heavy atom. The van der Waals surface area contributed by atoms with Crippen molar-refractivity contribution in [2.24, 2.45) is 22.7 Å². The Hall–Kier alpha value is -0.380. The summed E-state index contributed by atoms with van der Waals surface area (Å²) in [5.41, 5.74) is -0.552. The van der Waals surface area contributed by atoms with Gasteiger partial charge in [-0.2, -0.15) is 0 Å². The highest BCUT2D eigenvalue weighted by Gasteiger charge is 2.45. The molecule has 1 unspecified atom stereocenters. The predicted molar refractivity (Wildman–Crippen MR) is 126 cm³/mol. The van der Waals surface area contributed by atoms with Gasteiger partial charge in [-0.15, -0.1) is 6.58 Å². The molecule has 0 N–H and O–H groups in total. The van der Waals surface area contributed by atoms with Crippen LogP contribution in [0.15, 0.2) is 12.7 Å². The normalized spacial score (nSPS) is 15.2. The summed E-state index contributed by atoms with van der Waals surface area (Å²) in [6, 6.07) is 0. The summed E-state index contributed by atoms with van der Waals surface area (Å²) in [6.45, 7) is 32.7. The van der Waals surface area contributed by atoms with Crippen LogP contribution in [0.1, 0.15) is 95.9 Å². The molecule has 29 heavy (non-hydrogen) atoms. The zero-order valence-corrected chi connectivity index (χ0v) is 21.8. The standard InChI is InChI=1S/C26H52O3/c1-14-16-27-19-22(29-26(12,13)24(8,9)21(4)5)18-23(6,7)25(10,11)28-17-15-20(2)3/h14,20-22H,1,15-19H2,2-13H3. The van der Waals surface area contributed by atoms with Gasteiger partial charge in [-0.1, -0.05) is 61.5 Å². The van der Waals surface area contributed by atoms with Crippen LogP contribution in [-0.2, 0) is 14.2 Å². The molecule has 0 radical (unpaired) electrons. The molecule has 0 aromatic rings. The maximum Gasteiger partial charge on any atom is 0.0822 e. The summed E-state index contributed by atoms with van der Waals surface area (Å²) in [4.78, 5) is 0. The van der Waals surface area contributed by atoms with E-state index in [0.717, 1.165) is 19.4 Å². The summed E-state index contributed by atoms with van der Waals surface area (Å²) < 4.78 is 19.0. The maximum atomic E-state index is 6.77. The van der Waals surface area contributed by atoms with Crippen molar-refractivity contribution in [3.8, 4) is 0 Å². The molecule has 0 heterocycles. The second kappa shape index (κ2) is 11.3. The van der Waals surface area contributed by atoms with E-state index < -0.39 is 0 Å². The van der Waals surface area contributed by atoms with Gasteiger partial charge in [0.25, 0.3) is 0 Å². The van der Waals surface area contributed by atoms with Crippen molar-refractivity contribution in [1.29, 1.82) is 0 Å². The second-order valence-corrected chi connectivity index (χ2v) is 11.6. The fraction of sp³-hybridized carbons (Fsp3) is 0.923.